The van der Waals surface area contributed by atoms with E-state index in [0.29, 0.717) is 50.7 Å². The van der Waals surface area contributed by atoms with Gasteiger partial charge in [0.25, 0.3) is 11.8 Å². The topological polar surface area (TPSA) is 94.2 Å². The largest absolute Gasteiger partial charge is 0.497 e. The minimum atomic E-state index is -0.844. The predicted octanol–water partition coefficient (Wildman–Crippen LogP) is 6.04. The molecule has 1 aliphatic rings. The summed E-state index contributed by atoms with van der Waals surface area (Å²) in [5.74, 6) is -0.145. The molecule has 4 rings (SSSR count). The predicted molar refractivity (Wildman–Crippen MR) is 145 cm³/mol. The number of amides is 4. The maximum Gasteiger partial charge on any atom is 0.335 e. The van der Waals surface area contributed by atoms with Crippen LogP contribution in [0.2, 0.25) is 10.0 Å². The molecule has 1 N–H and O–H groups in total. The molecule has 196 valence electrons. The van der Waals surface area contributed by atoms with Gasteiger partial charge in [-0.05, 0) is 61.0 Å². The van der Waals surface area contributed by atoms with Crippen LogP contribution in [0, 0.1) is 0 Å². The molecular weight excluding hydrogens is 531 g/mol. The fourth-order valence-corrected chi connectivity index (χ4v) is 4.10. The van der Waals surface area contributed by atoms with Gasteiger partial charge >= 0.3 is 6.03 Å². The number of hydrogen-bond donors (Lipinski definition) is 1. The van der Waals surface area contributed by atoms with Gasteiger partial charge in [-0.1, -0.05) is 36.2 Å². The number of carbonyl (C=O) groups is 3. The Kier molecular flexibility index (Phi) is 8.55. The molecule has 3 aromatic carbocycles. The van der Waals surface area contributed by atoms with Crippen LogP contribution in [-0.2, 0) is 16.2 Å². The Hall–Kier alpha value is -4.01. The molecule has 1 saturated heterocycles. The summed E-state index contributed by atoms with van der Waals surface area (Å²) >= 11 is 12.2. The van der Waals surface area contributed by atoms with Crippen molar-refractivity contribution in [2.75, 3.05) is 18.6 Å². The minimum Gasteiger partial charge on any atom is -0.497 e. The quantitative estimate of drug-likeness (QED) is 0.256. The number of hydrogen-bond acceptors (Lipinski definition) is 6. The van der Waals surface area contributed by atoms with Crippen LogP contribution in [0.5, 0.6) is 17.2 Å². The molecule has 10 heteroatoms. The zero-order chi connectivity index (χ0) is 27.2. The van der Waals surface area contributed by atoms with Crippen LogP contribution in [-0.4, -0.2) is 31.6 Å². The number of carbonyl (C=O) groups excluding carboxylic acids is 3. The second-order valence-corrected chi connectivity index (χ2v) is 9.07. The Bertz CT molecular complexity index is 1400. The number of methoxy groups -OCH3 is 1. The van der Waals surface area contributed by atoms with E-state index in [4.69, 9.17) is 37.4 Å². The van der Waals surface area contributed by atoms with E-state index in [9.17, 15) is 14.4 Å². The van der Waals surface area contributed by atoms with Crippen LogP contribution in [0.25, 0.3) is 6.08 Å². The summed E-state index contributed by atoms with van der Waals surface area (Å²) in [6.45, 7) is 2.62. The van der Waals surface area contributed by atoms with E-state index >= 15 is 0 Å². The molecule has 38 heavy (non-hydrogen) atoms. The number of halogens is 2. The average Bonchev–Trinajstić information content (AvgIpc) is 2.90. The summed E-state index contributed by atoms with van der Waals surface area (Å²) in [7, 11) is 1.51. The smallest absolute Gasteiger partial charge is 0.335 e. The molecule has 8 nitrogen and oxygen atoms in total. The molecule has 0 bridgehead atoms. The van der Waals surface area contributed by atoms with Crippen molar-refractivity contribution >= 4 is 52.8 Å². The van der Waals surface area contributed by atoms with Crippen LogP contribution in [0.4, 0.5) is 10.5 Å². The van der Waals surface area contributed by atoms with Crippen molar-refractivity contribution in [2.24, 2.45) is 0 Å². The highest BCUT2D eigenvalue weighted by Crippen LogP contribution is 2.31. The number of benzene rings is 3. The summed E-state index contributed by atoms with van der Waals surface area (Å²) in [5, 5.41) is 3.15. The molecule has 0 aromatic heterocycles. The molecule has 1 fully saturated rings. The Morgan fingerprint density at radius 1 is 0.921 bits per heavy atom. The first kappa shape index (κ1) is 27.0. The van der Waals surface area contributed by atoms with E-state index in [0.717, 1.165) is 11.3 Å². The molecule has 4 amide bonds. The molecule has 0 atom stereocenters. The molecule has 0 aliphatic carbocycles. The van der Waals surface area contributed by atoms with Crippen molar-refractivity contribution in [3.05, 3.63) is 87.4 Å². The molecule has 0 spiro atoms. The van der Waals surface area contributed by atoms with Gasteiger partial charge in [-0.3, -0.25) is 14.9 Å². The van der Waals surface area contributed by atoms with Gasteiger partial charge in [0.1, 0.15) is 29.4 Å². The normalized spacial score (nSPS) is 14.5. The minimum absolute atomic E-state index is 0.0938. The van der Waals surface area contributed by atoms with Gasteiger partial charge in [0.05, 0.1) is 19.4 Å². The van der Waals surface area contributed by atoms with E-state index in [1.165, 1.54) is 13.2 Å². The van der Waals surface area contributed by atoms with Crippen molar-refractivity contribution in [3.8, 4) is 17.2 Å². The fourth-order valence-electron chi connectivity index (χ4n) is 3.64. The lowest BCUT2D eigenvalue weighted by Gasteiger charge is -2.26. The number of nitrogens with zero attached hydrogens (tertiary/aromatic N) is 1. The summed E-state index contributed by atoms with van der Waals surface area (Å²) in [6, 6.07) is 15.6. The zero-order valence-corrected chi connectivity index (χ0v) is 22.1. The molecule has 1 aliphatic heterocycles. The molecular formula is C28H24Cl2N2O6. The van der Waals surface area contributed by atoms with Gasteiger partial charge in [-0.15, -0.1) is 0 Å². The zero-order valence-electron chi connectivity index (χ0n) is 20.6. The number of imide groups is 2. The first-order chi connectivity index (χ1) is 18.3. The SMILES string of the molecule is CCCOc1ccc(N2C(=O)NC(=O)/C(=C/c3ccc(OC)cc3OCc3ccc(Cl)cc3Cl)C2=O)cc1. The van der Waals surface area contributed by atoms with E-state index in [2.05, 4.69) is 5.32 Å². The second-order valence-electron chi connectivity index (χ2n) is 8.23. The van der Waals surface area contributed by atoms with E-state index in [1.807, 2.05) is 6.92 Å². The molecule has 1 heterocycles. The average molecular weight is 555 g/mol. The second kappa shape index (κ2) is 12.0. The fraction of sp³-hybridized carbons (Fsp3) is 0.179. The number of barbiturate groups is 1. The standard InChI is InChI=1S/C28H24Cl2N2O6/c1-3-12-37-21-10-7-20(8-11-21)32-27(34)23(26(33)31-28(32)35)13-17-5-9-22(36-2)15-25(17)38-16-18-4-6-19(29)14-24(18)30/h4-11,13-15H,3,12,16H2,1-2H3,(H,31,33,35)/b23-13-. The Labute approximate surface area is 229 Å². The lowest BCUT2D eigenvalue weighted by molar-refractivity contribution is -0.122. The van der Waals surface area contributed by atoms with Crippen molar-refractivity contribution in [2.45, 2.75) is 20.0 Å². The Morgan fingerprint density at radius 3 is 2.34 bits per heavy atom. The van der Waals surface area contributed by atoms with Gasteiger partial charge in [0.15, 0.2) is 0 Å². The third-order valence-electron chi connectivity index (χ3n) is 5.59. The monoisotopic (exact) mass is 554 g/mol. The Morgan fingerprint density at radius 2 is 1.66 bits per heavy atom. The number of ether oxygens (including phenoxy) is 3. The van der Waals surface area contributed by atoms with Crippen molar-refractivity contribution in [3.63, 3.8) is 0 Å². The lowest BCUT2D eigenvalue weighted by atomic mass is 10.1. The highest BCUT2D eigenvalue weighted by molar-refractivity contribution is 6.39. The van der Waals surface area contributed by atoms with Crippen LogP contribution in [0.15, 0.2) is 66.2 Å². The number of urea groups is 1. The summed E-state index contributed by atoms with van der Waals surface area (Å²) in [5.41, 5.74) is 1.16. The number of nitrogens with one attached hydrogen (secondary N) is 1. The highest BCUT2D eigenvalue weighted by Gasteiger charge is 2.37. The summed E-state index contributed by atoms with van der Waals surface area (Å²) in [6.07, 6.45) is 2.21. The van der Waals surface area contributed by atoms with E-state index < -0.39 is 17.8 Å². The number of rotatable bonds is 9. The first-order valence-corrected chi connectivity index (χ1v) is 12.5. The van der Waals surface area contributed by atoms with Crippen LogP contribution < -0.4 is 24.4 Å². The molecule has 3 aromatic rings. The summed E-state index contributed by atoms with van der Waals surface area (Å²) < 4.78 is 16.8. The van der Waals surface area contributed by atoms with Gasteiger partial charge in [0, 0.05) is 27.2 Å². The lowest BCUT2D eigenvalue weighted by Crippen LogP contribution is -2.54. The van der Waals surface area contributed by atoms with Crippen molar-refractivity contribution in [1.29, 1.82) is 0 Å². The Balaban J connectivity index is 1.64. The first-order valence-electron chi connectivity index (χ1n) is 11.7. The van der Waals surface area contributed by atoms with E-state index in [-0.39, 0.29) is 12.2 Å². The maximum atomic E-state index is 13.3. The molecule has 0 radical (unpaired) electrons. The highest BCUT2D eigenvalue weighted by atomic mass is 35.5. The van der Waals surface area contributed by atoms with Crippen LogP contribution in [0.3, 0.4) is 0 Å². The van der Waals surface area contributed by atoms with Gasteiger partial charge in [0.2, 0.25) is 0 Å². The summed E-state index contributed by atoms with van der Waals surface area (Å²) in [4.78, 5) is 39.5. The third kappa shape index (κ3) is 6.10. The van der Waals surface area contributed by atoms with Gasteiger partial charge in [-0.2, -0.15) is 0 Å². The van der Waals surface area contributed by atoms with Crippen molar-refractivity contribution in [1.82, 2.24) is 5.32 Å². The third-order valence-corrected chi connectivity index (χ3v) is 6.18. The maximum absolute atomic E-state index is 13.3. The molecule has 0 unspecified atom stereocenters. The van der Waals surface area contributed by atoms with Crippen LogP contribution >= 0.6 is 23.2 Å². The van der Waals surface area contributed by atoms with Gasteiger partial charge < -0.3 is 14.2 Å². The van der Waals surface area contributed by atoms with Crippen molar-refractivity contribution < 1.29 is 28.6 Å². The van der Waals surface area contributed by atoms with Gasteiger partial charge in [-0.25, -0.2) is 9.69 Å². The number of anilines is 1. The van der Waals surface area contributed by atoms with E-state index in [1.54, 1.807) is 60.7 Å². The molecule has 0 saturated carbocycles. The van der Waals surface area contributed by atoms with Crippen LogP contribution in [0.1, 0.15) is 24.5 Å².